The molecule has 0 amide bonds. The number of nitro groups is 1. The number of azo groups is 1. The number of azide groups is 1. The molecule has 0 spiro atoms. The highest BCUT2D eigenvalue weighted by Gasteiger charge is 2.02. The molecule has 0 aliphatic rings. The molecule has 0 radical (unpaired) electrons. The lowest BCUT2D eigenvalue weighted by molar-refractivity contribution is -0.384. The lowest BCUT2D eigenvalue weighted by Crippen LogP contribution is -1.85. The molecule has 0 aliphatic carbocycles. The molecule has 0 bridgehead atoms. The van der Waals surface area contributed by atoms with E-state index in [1.54, 1.807) is 24.3 Å². The summed E-state index contributed by atoms with van der Waals surface area (Å²) in [6.45, 7) is 0. The zero-order valence-electron chi connectivity index (χ0n) is 10.1. The summed E-state index contributed by atoms with van der Waals surface area (Å²) < 4.78 is 0. The van der Waals surface area contributed by atoms with Gasteiger partial charge in [-0.25, -0.2) is 0 Å². The van der Waals surface area contributed by atoms with Crippen LogP contribution in [0.4, 0.5) is 22.7 Å². The Morgan fingerprint density at radius 3 is 1.80 bits per heavy atom. The summed E-state index contributed by atoms with van der Waals surface area (Å²) in [4.78, 5) is 12.7. The first-order valence-corrected chi connectivity index (χ1v) is 5.50. The summed E-state index contributed by atoms with van der Waals surface area (Å²) in [7, 11) is 0. The monoisotopic (exact) mass is 268 g/mol. The fraction of sp³-hybridized carbons (Fsp3) is 0. The van der Waals surface area contributed by atoms with Crippen LogP contribution in [-0.4, -0.2) is 4.92 Å². The number of nitro benzene ring substituents is 1. The molecule has 8 heteroatoms. The molecule has 2 rings (SSSR count). The van der Waals surface area contributed by atoms with Crippen molar-refractivity contribution in [2.24, 2.45) is 15.3 Å². The fourth-order valence-corrected chi connectivity index (χ4v) is 1.39. The van der Waals surface area contributed by atoms with E-state index in [4.69, 9.17) is 5.53 Å². The van der Waals surface area contributed by atoms with E-state index < -0.39 is 4.92 Å². The van der Waals surface area contributed by atoms with Gasteiger partial charge in [0.2, 0.25) is 0 Å². The second kappa shape index (κ2) is 6.07. The van der Waals surface area contributed by atoms with E-state index >= 15 is 0 Å². The van der Waals surface area contributed by atoms with Gasteiger partial charge in [-0.3, -0.25) is 10.1 Å². The van der Waals surface area contributed by atoms with Crippen LogP contribution in [0, 0.1) is 10.1 Å². The third-order valence-corrected chi connectivity index (χ3v) is 2.35. The lowest BCUT2D eigenvalue weighted by Gasteiger charge is -1.94. The standard InChI is InChI=1S/C12H8N6O2/c13-17-16-11-3-1-9(2-4-11)14-15-10-5-7-12(8-6-10)18(19)20/h1-8H. The summed E-state index contributed by atoms with van der Waals surface area (Å²) >= 11 is 0. The van der Waals surface area contributed by atoms with Crippen molar-refractivity contribution in [3.8, 4) is 0 Å². The highest BCUT2D eigenvalue weighted by molar-refractivity contribution is 5.48. The molecule has 0 aromatic heterocycles. The van der Waals surface area contributed by atoms with Gasteiger partial charge in [-0.05, 0) is 29.8 Å². The molecule has 0 fully saturated rings. The van der Waals surface area contributed by atoms with E-state index in [1.165, 1.54) is 24.3 Å². The maximum Gasteiger partial charge on any atom is 0.269 e. The van der Waals surface area contributed by atoms with E-state index in [2.05, 4.69) is 20.3 Å². The molecule has 0 unspecified atom stereocenters. The minimum absolute atomic E-state index is 0.00247. The van der Waals surface area contributed by atoms with E-state index in [0.717, 1.165) is 0 Å². The van der Waals surface area contributed by atoms with E-state index in [0.29, 0.717) is 17.1 Å². The molecule has 20 heavy (non-hydrogen) atoms. The van der Waals surface area contributed by atoms with Crippen LogP contribution in [-0.2, 0) is 0 Å². The molecule has 0 aliphatic heterocycles. The minimum Gasteiger partial charge on any atom is -0.258 e. The van der Waals surface area contributed by atoms with Crippen LogP contribution in [0.1, 0.15) is 0 Å². The Bertz CT molecular complexity index is 639. The SMILES string of the molecule is [N-]=[N+]=Nc1ccc(N=Nc2ccc([N+](=O)[O-])cc2)cc1. The summed E-state index contributed by atoms with van der Waals surface area (Å²) in [5.74, 6) is 0. The van der Waals surface area contributed by atoms with Crippen LogP contribution in [0.25, 0.3) is 10.4 Å². The first-order valence-electron chi connectivity index (χ1n) is 5.50. The van der Waals surface area contributed by atoms with Crippen LogP contribution in [0.5, 0.6) is 0 Å². The van der Waals surface area contributed by atoms with Gasteiger partial charge < -0.3 is 0 Å². The topological polar surface area (TPSA) is 117 Å². The van der Waals surface area contributed by atoms with Crippen LogP contribution in [0.2, 0.25) is 0 Å². The second-order valence-electron chi connectivity index (χ2n) is 3.68. The fourth-order valence-electron chi connectivity index (χ4n) is 1.39. The maximum atomic E-state index is 10.5. The van der Waals surface area contributed by atoms with Crippen molar-refractivity contribution in [2.45, 2.75) is 0 Å². The Kier molecular flexibility index (Phi) is 4.01. The van der Waals surface area contributed by atoms with Crippen LogP contribution in [0.15, 0.2) is 63.9 Å². The molecule has 0 N–H and O–H groups in total. The van der Waals surface area contributed by atoms with Crippen molar-refractivity contribution >= 4 is 22.7 Å². The average Bonchev–Trinajstić information content (AvgIpc) is 2.47. The van der Waals surface area contributed by atoms with Gasteiger partial charge in [0, 0.05) is 22.7 Å². The molecule has 0 atom stereocenters. The predicted molar refractivity (Wildman–Crippen MR) is 72.5 cm³/mol. The number of hydrogen-bond acceptors (Lipinski definition) is 5. The third-order valence-electron chi connectivity index (χ3n) is 2.35. The molecule has 0 saturated carbocycles. The van der Waals surface area contributed by atoms with E-state index in [-0.39, 0.29) is 5.69 Å². The quantitative estimate of drug-likeness (QED) is 0.256. The van der Waals surface area contributed by atoms with Crippen molar-refractivity contribution in [1.82, 2.24) is 0 Å². The van der Waals surface area contributed by atoms with Crippen molar-refractivity contribution < 1.29 is 4.92 Å². The van der Waals surface area contributed by atoms with Crippen LogP contribution >= 0.6 is 0 Å². The largest absolute Gasteiger partial charge is 0.269 e. The molecule has 8 nitrogen and oxygen atoms in total. The number of rotatable bonds is 4. The van der Waals surface area contributed by atoms with Gasteiger partial charge >= 0.3 is 0 Å². The Balaban J connectivity index is 2.12. The highest BCUT2D eigenvalue weighted by atomic mass is 16.6. The van der Waals surface area contributed by atoms with Gasteiger partial charge in [0.15, 0.2) is 0 Å². The summed E-state index contributed by atoms with van der Waals surface area (Å²) in [6, 6.07) is 12.3. The number of benzene rings is 2. The first kappa shape index (κ1) is 13.2. The smallest absolute Gasteiger partial charge is 0.258 e. The second-order valence-corrected chi connectivity index (χ2v) is 3.68. The van der Waals surface area contributed by atoms with Crippen molar-refractivity contribution in [3.05, 3.63) is 69.1 Å². The van der Waals surface area contributed by atoms with Gasteiger partial charge in [-0.15, -0.1) is 0 Å². The Morgan fingerprint density at radius 2 is 1.35 bits per heavy atom. The van der Waals surface area contributed by atoms with E-state index in [1.807, 2.05) is 0 Å². The zero-order valence-corrected chi connectivity index (χ0v) is 10.1. The summed E-state index contributed by atoms with van der Waals surface area (Å²) in [5, 5.41) is 21.9. The molecular weight excluding hydrogens is 260 g/mol. The Hall–Kier alpha value is -3.25. The molecule has 0 saturated heterocycles. The zero-order chi connectivity index (χ0) is 14.4. The maximum absolute atomic E-state index is 10.5. The van der Waals surface area contributed by atoms with Gasteiger partial charge in [0.05, 0.1) is 16.3 Å². The number of non-ortho nitro benzene ring substituents is 1. The minimum atomic E-state index is -0.477. The number of nitrogens with zero attached hydrogens (tertiary/aromatic N) is 6. The first-order chi connectivity index (χ1) is 9.69. The molecular formula is C12H8N6O2. The Morgan fingerprint density at radius 1 is 0.900 bits per heavy atom. The summed E-state index contributed by atoms with van der Waals surface area (Å²) in [5.41, 5.74) is 9.85. The van der Waals surface area contributed by atoms with Crippen molar-refractivity contribution in [3.63, 3.8) is 0 Å². The Labute approximate surface area is 113 Å². The number of hydrogen-bond donors (Lipinski definition) is 0. The molecule has 2 aromatic carbocycles. The van der Waals surface area contributed by atoms with Crippen LogP contribution < -0.4 is 0 Å². The predicted octanol–water partition coefficient (Wildman–Crippen LogP) is 4.95. The summed E-state index contributed by atoms with van der Waals surface area (Å²) in [6.07, 6.45) is 0. The highest BCUT2D eigenvalue weighted by Crippen LogP contribution is 2.23. The normalized spacial score (nSPS) is 10.2. The van der Waals surface area contributed by atoms with Gasteiger partial charge in [0.1, 0.15) is 0 Å². The van der Waals surface area contributed by atoms with Crippen LogP contribution in [0.3, 0.4) is 0 Å². The lowest BCUT2D eigenvalue weighted by atomic mass is 10.3. The van der Waals surface area contributed by atoms with Crippen molar-refractivity contribution in [1.29, 1.82) is 0 Å². The van der Waals surface area contributed by atoms with Crippen molar-refractivity contribution in [2.75, 3.05) is 0 Å². The van der Waals surface area contributed by atoms with Gasteiger partial charge in [-0.1, -0.05) is 17.2 Å². The third kappa shape index (κ3) is 3.37. The van der Waals surface area contributed by atoms with E-state index in [9.17, 15) is 10.1 Å². The van der Waals surface area contributed by atoms with Gasteiger partial charge in [-0.2, -0.15) is 10.2 Å². The molecule has 98 valence electrons. The molecule has 2 aromatic rings. The molecule has 0 heterocycles. The van der Waals surface area contributed by atoms with Gasteiger partial charge in [0.25, 0.3) is 5.69 Å². The average molecular weight is 268 g/mol.